The molecule has 3 N–H and O–H groups in total. The topological polar surface area (TPSA) is 63.3 Å². The SMILES string of the molecule is NC(=O)CC#Cc1cccc(O)c1F. The molecule has 0 aliphatic heterocycles. The van der Waals surface area contributed by atoms with Crippen LogP contribution in [0, 0.1) is 17.7 Å². The number of carbonyl (C=O) groups excluding carboxylic acids is 1. The van der Waals surface area contributed by atoms with Gasteiger partial charge in [-0.2, -0.15) is 0 Å². The van der Waals surface area contributed by atoms with Crippen LogP contribution in [-0.2, 0) is 4.79 Å². The van der Waals surface area contributed by atoms with Crippen molar-refractivity contribution in [2.75, 3.05) is 0 Å². The second kappa shape index (κ2) is 4.28. The van der Waals surface area contributed by atoms with E-state index < -0.39 is 17.5 Å². The number of halogens is 1. The predicted molar refractivity (Wildman–Crippen MR) is 48.8 cm³/mol. The summed E-state index contributed by atoms with van der Waals surface area (Å²) in [6.07, 6.45) is -0.130. The molecular formula is C10H8FNO2. The van der Waals surface area contributed by atoms with Crippen LogP contribution in [0.1, 0.15) is 12.0 Å². The van der Waals surface area contributed by atoms with Crippen LogP contribution in [0.25, 0.3) is 0 Å². The molecule has 1 aromatic rings. The third kappa shape index (κ3) is 2.49. The summed E-state index contributed by atoms with van der Waals surface area (Å²) in [5, 5.41) is 8.97. The Hall–Kier alpha value is -2.02. The summed E-state index contributed by atoms with van der Waals surface area (Å²) in [5.74, 6) is 2.97. The number of amides is 1. The van der Waals surface area contributed by atoms with Gasteiger partial charge in [0.15, 0.2) is 11.6 Å². The highest BCUT2D eigenvalue weighted by Gasteiger charge is 2.03. The molecule has 0 atom stereocenters. The van der Waals surface area contributed by atoms with Crippen molar-refractivity contribution >= 4 is 5.91 Å². The maximum atomic E-state index is 13.1. The Kier molecular flexibility index (Phi) is 3.08. The first-order chi connectivity index (χ1) is 6.61. The lowest BCUT2D eigenvalue weighted by Gasteiger charge is -1.95. The molecule has 0 fully saturated rings. The molecule has 1 aromatic carbocycles. The van der Waals surface area contributed by atoms with E-state index in [-0.39, 0.29) is 12.0 Å². The molecule has 0 spiro atoms. The van der Waals surface area contributed by atoms with E-state index in [1.54, 1.807) is 0 Å². The lowest BCUT2D eigenvalue weighted by atomic mass is 10.2. The van der Waals surface area contributed by atoms with E-state index >= 15 is 0 Å². The Morgan fingerprint density at radius 2 is 2.29 bits per heavy atom. The van der Waals surface area contributed by atoms with Gasteiger partial charge >= 0.3 is 0 Å². The summed E-state index contributed by atoms with van der Waals surface area (Å²) in [4.78, 5) is 10.3. The Morgan fingerprint density at radius 1 is 1.57 bits per heavy atom. The Balaban J connectivity index is 2.90. The number of hydrogen-bond acceptors (Lipinski definition) is 2. The minimum Gasteiger partial charge on any atom is -0.505 e. The van der Waals surface area contributed by atoms with Gasteiger partial charge in [-0.3, -0.25) is 4.79 Å². The number of primary amides is 1. The number of benzene rings is 1. The molecule has 1 amide bonds. The highest BCUT2D eigenvalue weighted by atomic mass is 19.1. The van der Waals surface area contributed by atoms with Crippen molar-refractivity contribution in [2.24, 2.45) is 5.73 Å². The molecule has 0 aromatic heterocycles. The van der Waals surface area contributed by atoms with E-state index in [1.165, 1.54) is 18.2 Å². The average molecular weight is 193 g/mol. The van der Waals surface area contributed by atoms with E-state index in [1.807, 2.05) is 0 Å². The first kappa shape index (κ1) is 10.1. The van der Waals surface area contributed by atoms with E-state index in [9.17, 15) is 9.18 Å². The number of phenols is 1. The summed E-state index contributed by atoms with van der Waals surface area (Å²) in [6, 6.07) is 4.09. The second-order valence-electron chi connectivity index (χ2n) is 2.58. The van der Waals surface area contributed by atoms with Gasteiger partial charge in [0.2, 0.25) is 5.91 Å². The zero-order valence-corrected chi connectivity index (χ0v) is 7.25. The third-order valence-electron chi connectivity index (χ3n) is 1.46. The number of rotatable bonds is 1. The van der Waals surface area contributed by atoms with Crippen LogP contribution in [0.4, 0.5) is 4.39 Å². The van der Waals surface area contributed by atoms with E-state index in [0.717, 1.165) is 0 Å². The number of carbonyl (C=O) groups is 1. The van der Waals surface area contributed by atoms with E-state index in [4.69, 9.17) is 10.8 Å². The Morgan fingerprint density at radius 3 is 2.93 bits per heavy atom. The first-order valence-electron chi connectivity index (χ1n) is 3.86. The van der Waals surface area contributed by atoms with Gasteiger partial charge in [-0.25, -0.2) is 4.39 Å². The number of aromatic hydroxyl groups is 1. The molecule has 0 saturated carbocycles. The smallest absolute Gasteiger partial charge is 0.229 e. The zero-order valence-electron chi connectivity index (χ0n) is 7.25. The standard InChI is InChI=1S/C10H8FNO2/c11-10-7(3-1-5-8(10)13)4-2-6-9(12)14/h1,3,5,13H,6H2,(H2,12,14). The Bertz CT molecular complexity index is 418. The van der Waals surface area contributed by atoms with Gasteiger partial charge in [0.1, 0.15) is 0 Å². The van der Waals surface area contributed by atoms with Gasteiger partial charge in [0.25, 0.3) is 0 Å². The van der Waals surface area contributed by atoms with Crippen LogP contribution in [0.5, 0.6) is 5.75 Å². The average Bonchev–Trinajstić information content (AvgIpc) is 2.12. The molecule has 0 bridgehead atoms. The van der Waals surface area contributed by atoms with Crippen LogP contribution in [0.15, 0.2) is 18.2 Å². The van der Waals surface area contributed by atoms with Gasteiger partial charge in [-0.15, -0.1) is 0 Å². The van der Waals surface area contributed by atoms with Crippen LogP contribution >= 0.6 is 0 Å². The summed E-state index contributed by atoms with van der Waals surface area (Å²) in [6.45, 7) is 0. The fourth-order valence-corrected chi connectivity index (χ4v) is 0.843. The summed E-state index contributed by atoms with van der Waals surface area (Å²) in [5.41, 5.74) is 4.89. The fourth-order valence-electron chi connectivity index (χ4n) is 0.843. The largest absolute Gasteiger partial charge is 0.505 e. The van der Waals surface area contributed by atoms with Crippen LogP contribution in [0.3, 0.4) is 0 Å². The lowest BCUT2D eigenvalue weighted by molar-refractivity contribution is -0.117. The molecule has 1 rings (SSSR count). The highest BCUT2D eigenvalue weighted by Crippen LogP contribution is 2.17. The molecule has 0 aliphatic carbocycles. The molecule has 0 heterocycles. The van der Waals surface area contributed by atoms with Crippen molar-refractivity contribution in [3.63, 3.8) is 0 Å². The van der Waals surface area contributed by atoms with Crippen LogP contribution in [0.2, 0.25) is 0 Å². The molecule has 14 heavy (non-hydrogen) atoms. The van der Waals surface area contributed by atoms with E-state index in [2.05, 4.69) is 11.8 Å². The maximum Gasteiger partial charge on any atom is 0.229 e. The van der Waals surface area contributed by atoms with Crippen molar-refractivity contribution in [1.29, 1.82) is 0 Å². The quantitative estimate of drug-likeness (QED) is 0.646. The zero-order chi connectivity index (χ0) is 10.6. The minimum atomic E-state index is -0.788. The molecule has 0 saturated heterocycles. The normalized spacial score (nSPS) is 8.93. The predicted octanol–water partition coefficient (Wildman–Crippen LogP) is 0.758. The van der Waals surface area contributed by atoms with Crippen molar-refractivity contribution < 1.29 is 14.3 Å². The monoisotopic (exact) mass is 193 g/mol. The van der Waals surface area contributed by atoms with Crippen LogP contribution in [-0.4, -0.2) is 11.0 Å². The minimum absolute atomic E-state index is 0.0475. The van der Waals surface area contributed by atoms with E-state index in [0.29, 0.717) is 0 Å². The van der Waals surface area contributed by atoms with Crippen molar-refractivity contribution in [1.82, 2.24) is 0 Å². The van der Waals surface area contributed by atoms with Gasteiger partial charge in [0.05, 0.1) is 12.0 Å². The Labute approximate surface area is 80.4 Å². The van der Waals surface area contributed by atoms with Crippen molar-refractivity contribution in [2.45, 2.75) is 6.42 Å². The van der Waals surface area contributed by atoms with Gasteiger partial charge < -0.3 is 10.8 Å². The molecule has 0 unspecified atom stereocenters. The van der Waals surface area contributed by atoms with Crippen LogP contribution < -0.4 is 5.73 Å². The first-order valence-corrected chi connectivity index (χ1v) is 3.86. The summed E-state index contributed by atoms with van der Waals surface area (Å²) in [7, 11) is 0. The van der Waals surface area contributed by atoms with Gasteiger partial charge in [-0.05, 0) is 12.1 Å². The molecule has 4 heteroatoms. The number of nitrogens with two attached hydrogens (primary N) is 1. The molecule has 3 nitrogen and oxygen atoms in total. The second-order valence-corrected chi connectivity index (χ2v) is 2.58. The van der Waals surface area contributed by atoms with Crippen molar-refractivity contribution in [3.05, 3.63) is 29.6 Å². The van der Waals surface area contributed by atoms with Gasteiger partial charge in [0, 0.05) is 0 Å². The number of phenolic OH excluding ortho intramolecular Hbond substituents is 1. The summed E-state index contributed by atoms with van der Waals surface area (Å²) >= 11 is 0. The summed E-state index contributed by atoms with van der Waals surface area (Å²) < 4.78 is 13.1. The maximum absolute atomic E-state index is 13.1. The lowest BCUT2D eigenvalue weighted by Crippen LogP contribution is -2.08. The van der Waals surface area contributed by atoms with Gasteiger partial charge in [-0.1, -0.05) is 17.9 Å². The molecule has 72 valence electrons. The van der Waals surface area contributed by atoms with Crippen molar-refractivity contribution in [3.8, 4) is 17.6 Å². The number of hydrogen-bond donors (Lipinski definition) is 2. The third-order valence-corrected chi connectivity index (χ3v) is 1.46. The molecule has 0 aliphatic rings. The molecular weight excluding hydrogens is 185 g/mol. The fraction of sp³-hybridized carbons (Fsp3) is 0.100. The highest BCUT2D eigenvalue weighted by molar-refractivity contribution is 5.76. The molecule has 0 radical (unpaired) electrons.